The number of rotatable bonds is 10. The zero-order valence-electron chi connectivity index (χ0n) is 25.8. The van der Waals surface area contributed by atoms with Crippen molar-refractivity contribution in [1.29, 1.82) is 0 Å². The van der Waals surface area contributed by atoms with Crippen molar-refractivity contribution in [2.45, 2.75) is 44.4 Å². The van der Waals surface area contributed by atoms with Crippen LogP contribution in [-0.2, 0) is 24.8 Å². The quantitative estimate of drug-likeness (QED) is 0.281. The highest BCUT2D eigenvalue weighted by Gasteiger charge is 2.30. The SMILES string of the molecule is CN1CCN(CCc2ccc(-c3ccc(CO[C@H]4CCC[C@@H]4NC(=O)c4cc(-c5cnn(C)c5)cnc4N)cc3)cc2)CC1. The number of nitrogens with one attached hydrogen (secondary N) is 1. The summed E-state index contributed by atoms with van der Waals surface area (Å²) in [5, 5.41) is 7.37. The van der Waals surface area contributed by atoms with E-state index in [0.29, 0.717) is 12.2 Å². The summed E-state index contributed by atoms with van der Waals surface area (Å²) < 4.78 is 8.05. The number of hydrogen-bond acceptors (Lipinski definition) is 7. The summed E-state index contributed by atoms with van der Waals surface area (Å²) >= 11 is 0. The summed E-state index contributed by atoms with van der Waals surface area (Å²) in [5.41, 5.74) is 13.1. The number of amides is 1. The van der Waals surface area contributed by atoms with Crippen molar-refractivity contribution in [3.63, 3.8) is 0 Å². The number of piperazine rings is 1. The van der Waals surface area contributed by atoms with Gasteiger partial charge in [0.25, 0.3) is 5.91 Å². The fraction of sp³-hybridized carbons (Fsp3) is 0.400. The van der Waals surface area contributed by atoms with Gasteiger partial charge in [0.15, 0.2) is 0 Å². The Bertz CT molecular complexity index is 1540. The first kappa shape index (κ1) is 30.0. The molecule has 44 heavy (non-hydrogen) atoms. The number of aryl methyl sites for hydroxylation is 1. The first-order valence-electron chi connectivity index (χ1n) is 15.7. The molecular formula is C35H43N7O2. The number of likely N-dealkylation sites (N-methyl/N-ethyl adjacent to an activating group) is 1. The van der Waals surface area contributed by atoms with Crippen LogP contribution in [0.15, 0.2) is 73.2 Å². The number of carbonyl (C=O) groups excluding carboxylic acids is 1. The number of benzene rings is 2. The molecule has 2 atom stereocenters. The molecule has 4 aromatic rings. The van der Waals surface area contributed by atoms with Gasteiger partial charge in [0.2, 0.25) is 0 Å². The van der Waals surface area contributed by atoms with Crippen LogP contribution in [0.4, 0.5) is 5.82 Å². The van der Waals surface area contributed by atoms with Crippen LogP contribution in [0.2, 0.25) is 0 Å². The van der Waals surface area contributed by atoms with Gasteiger partial charge in [0.1, 0.15) is 5.82 Å². The van der Waals surface area contributed by atoms with Gasteiger partial charge in [-0.2, -0.15) is 5.10 Å². The summed E-state index contributed by atoms with van der Waals surface area (Å²) in [6, 6.07) is 19.3. The molecule has 9 nitrogen and oxygen atoms in total. The van der Waals surface area contributed by atoms with Crippen molar-refractivity contribution >= 4 is 11.7 Å². The maximum Gasteiger partial charge on any atom is 0.255 e. The average Bonchev–Trinajstić information content (AvgIpc) is 3.69. The predicted molar refractivity (Wildman–Crippen MR) is 174 cm³/mol. The monoisotopic (exact) mass is 593 g/mol. The highest BCUT2D eigenvalue weighted by atomic mass is 16.5. The molecule has 1 aliphatic carbocycles. The van der Waals surface area contributed by atoms with Gasteiger partial charge in [-0.3, -0.25) is 9.48 Å². The summed E-state index contributed by atoms with van der Waals surface area (Å²) in [5.74, 6) is -0.0121. The molecule has 1 saturated heterocycles. The van der Waals surface area contributed by atoms with Gasteiger partial charge >= 0.3 is 0 Å². The molecule has 0 spiro atoms. The Morgan fingerprint density at radius 1 is 0.909 bits per heavy atom. The van der Waals surface area contributed by atoms with E-state index >= 15 is 0 Å². The highest BCUT2D eigenvalue weighted by molar-refractivity contribution is 5.99. The summed E-state index contributed by atoms with van der Waals surface area (Å²) in [7, 11) is 4.05. The number of pyridine rings is 1. The Labute approximate surface area is 260 Å². The third kappa shape index (κ3) is 7.35. The van der Waals surface area contributed by atoms with Gasteiger partial charge in [-0.1, -0.05) is 48.5 Å². The number of anilines is 1. The number of nitrogens with zero attached hydrogens (tertiary/aromatic N) is 5. The second-order valence-corrected chi connectivity index (χ2v) is 12.2. The van der Waals surface area contributed by atoms with E-state index in [0.717, 1.165) is 75.1 Å². The molecule has 0 bridgehead atoms. The maximum atomic E-state index is 13.2. The minimum Gasteiger partial charge on any atom is -0.383 e. The Morgan fingerprint density at radius 2 is 1.61 bits per heavy atom. The van der Waals surface area contributed by atoms with Crippen molar-refractivity contribution in [1.82, 2.24) is 29.9 Å². The first-order chi connectivity index (χ1) is 21.4. The molecule has 2 aromatic carbocycles. The van der Waals surface area contributed by atoms with Crippen LogP contribution in [-0.4, -0.2) is 82.4 Å². The zero-order chi connectivity index (χ0) is 30.5. The molecule has 230 valence electrons. The molecule has 1 aliphatic heterocycles. The van der Waals surface area contributed by atoms with Crippen molar-refractivity contribution < 1.29 is 9.53 Å². The molecule has 2 aliphatic rings. The molecule has 0 unspecified atom stereocenters. The Hall–Kier alpha value is -4.05. The summed E-state index contributed by atoms with van der Waals surface area (Å²) in [6.45, 7) is 6.27. The topological polar surface area (TPSA) is 102 Å². The lowest BCUT2D eigenvalue weighted by Crippen LogP contribution is -2.45. The van der Waals surface area contributed by atoms with E-state index in [1.807, 2.05) is 13.2 Å². The third-order valence-corrected chi connectivity index (χ3v) is 8.99. The zero-order valence-corrected chi connectivity index (χ0v) is 25.8. The van der Waals surface area contributed by atoms with E-state index in [1.165, 1.54) is 16.7 Å². The molecule has 1 saturated carbocycles. The molecule has 2 aromatic heterocycles. The number of aromatic nitrogens is 3. The average molecular weight is 594 g/mol. The first-order valence-corrected chi connectivity index (χ1v) is 15.7. The lowest BCUT2D eigenvalue weighted by molar-refractivity contribution is 0.0272. The van der Waals surface area contributed by atoms with Gasteiger partial charge in [-0.15, -0.1) is 0 Å². The second kappa shape index (κ2) is 13.7. The molecule has 6 rings (SSSR count). The van der Waals surface area contributed by atoms with E-state index in [9.17, 15) is 4.79 Å². The number of nitrogens with two attached hydrogens (primary N) is 1. The molecule has 0 radical (unpaired) electrons. The largest absolute Gasteiger partial charge is 0.383 e. The number of hydrogen-bond donors (Lipinski definition) is 2. The van der Waals surface area contributed by atoms with Crippen LogP contribution in [0, 0.1) is 0 Å². The van der Waals surface area contributed by atoms with Gasteiger partial charge < -0.3 is 25.6 Å². The molecule has 2 fully saturated rings. The molecule has 3 heterocycles. The van der Waals surface area contributed by atoms with E-state index in [1.54, 1.807) is 23.1 Å². The Balaban J connectivity index is 1.00. The van der Waals surface area contributed by atoms with Gasteiger partial charge in [-0.25, -0.2) is 4.98 Å². The van der Waals surface area contributed by atoms with Crippen LogP contribution in [0.3, 0.4) is 0 Å². The van der Waals surface area contributed by atoms with Crippen molar-refractivity contribution in [2.24, 2.45) is 7.05 Å². The minimum absolute atomic E-state index is 0.0484. The van der Waals surface area contributed by atoms with E-state index in [4.69, 9.17) is 10.5 Å². The van der Waals surface area contributed by atoms with E-state index in [2.05, 4.69) is 80.8 Å². The molecule has 9 heteroatoms. The van der Waals surface area contributed by atoms with Gasteiger partial charge in [0.05, 0.1) is 30.5 Å². The summed E-state index contributed by atoms with van der Waals surface area (Å²) in [4.78, 5) is 22.5. The van der Waals surface area contributed by atoms with Crippen LogP contribution in [0.25, 0.3) is 22.3 Å². The predicted octanol–water partition coefficient (Wildman–Crippen LogP) is 4.39. The van der Waals surface area contributed by atoms with Gasteiger partial charge in [-0.05, 0) is 61.1 Å². The third-order valence-electron chi connectivity index (χ3n) is 8.99. The fourth-order valence-corrected chi connectivity index (χ4v) is 6.14. The lowest BCUT2D eigenvalue weighted by Gasteiger charge is -2.32. The molecule has 1 amide bonds. The summed E-state index contributed by atoms with van der Waals surface area (Å²) in [6.07, 6.45) is 9.12. The number of nitrogen functional groups attached to an aromatic ring is 1. The van der Waals surface area contributed by atoms with Crippen LogP contribution >= 0.6 is 0 Å². The normalized spacial score (nSPS) is 19.3. The van der Waals surface area contributed by atoms with E-state index < -0.39 is 0 Å². The van der Waals surface area contributed by atoms with Crippen LogP contribution < -0.4 is 11.1 Å². The highest BCUT2D eigenvalue weighted by Crippen LogP contribution is 2.27. The molecular weight excluding hydrogens is 550 g/mol. The smallest absolute Gasteiger partial charge is 0.255 e. The van der Waals surface area contributed by atoms with Crippen LogP contribution in [0.1, 0.15) is 40.7 Å². The minimum atomic E-state index is -0.226. The Kier molecular flexibility index (Phi) is 9.35. The maximum absolute atomic E-state index is 13.2. The van der Waals surface area contributed by atoms with Crippen LogP contribution in [0.5, 0.6) is 0 Å². The van der Waals surface area contributed by atoms with Gasteiger partial charge in [0, 0.05) is 63.3 Å². The van der Waals surface area contributed by atoms with Crippen molar-refractivity contribution in [2.75, 3.05) is 45.5 Å². The standard InChI is InChI=1S/C35H43N7O2/c1-40-16-18-42(19-17-40)15-14-25-6-10-27(11-7-25)28-12-8-26(9-13-28)24-44-33-5-3-4-32(33)39-35(43)31-20-29(21-37-34(31)36)30-22-38-41(2)23-30/h6-13,20-23,32-33H,3-5,14-19,24H2,1-2H3,(H2,36,37)(H,39,43)/t32-,33-/m0/s1. The number of carbonyl (C=O) groups is 1. The fourth-order valence-electron chi connectivity index (χ4n) is 6.14. The van der Waals surface area contributed by atoms with Crippen molar-refractivity contribution in [3.8, 4) is 22.3 Å². The lowest BCUT2D eigenvalue weighted by atomic mass is 10.0. The molecule has 3 N–H and O–H groups in total. The number of ether oxygens (including phenoxy) is 1. The Morgan fingerprint density at radius 3 is 2.30 bits per heavy atom. The second-order valence-electron chi connectivity index (χ2n) is 12.2. The van der Waals surface area contributed by atoms with Crippen molar-refractivity contribution in [3.05, 3.63) is 89.9 Å². The van der Waals surface area contributed by atoms with E-state index in [-0.39, 0.29) is 23.9 Å².